The van der Waals surface area contributed by atoms with Crippen molar-refractivity contribution in [3.05, 3.63) is 82.2 Å². The lowest BCUT2D eigenvalue weighted by Crippen LogP contribution is -2.47. The van der Waals surface area contributed by atoms with Gasteiger partial charge in [-0.3, -0.25) is 24.0 Å². The van der Waals surface area contributed by atoms with Crippen molar-refractivity contribution in [2.75, 3.05) is 26.2 Å². The molecular weight excluding hydrogens is 470 g/mol. The Balaban J connectivity index is 1.18. The Morgan fingerprint density at radius 2 is 1.97 bits per heavy atom. The zero-order valence-corrected chi connectivity index (χ0v) is 21.2. The lowest BCUT2D eigenvalue weighted by atomic mass is 9.87. The van der Waals surface area contributed by atoms with Crippen LogP contribution < -0.4 is 5.56 Å². The van der Waals surface area contributed by atoms with Gasteiger partial charge in [0.1, 0.15) is 4.70 Å². The van der Waals surface area contributed by atoms with Gasteiger partial charge < -0.3 is 4.90 Å². The van der Waals surface area contributed by atoms with E-state index in [0.717, 1.165) is 67.9 Å². The number of piperazine rings is 1. The number of nitrogens with zero attached hydrogens (tertiary/aromatic N) is 5. The molecule has 0 radical (unpaired) electrons. The Bertz CT molecular complexity index is 1470. The van der Waals surface area contributed by atoms with Gasteiger partial charge in [0.25, 0.3) is 5.56 Å². The Morgan fingerprint density at radius 1 is 1.11 bits per heavy atom. The molecule has 3 aromatic heterocycles. The van der Waals surface area contributed by atoms with Crippen LogP contribution in [0.3, 0.4) is 0 Å². The maximum absolute atomic E-state index is 13.4. The highest BCUT2D eigenvalue weighted by atomic mass is 32.1. The first-order valence-corrected chi connectivity index (χ1v) is 13.4. The maximum atomic E-state index is 13.4. The van der Waals surface area contributed by atoms with Crippen LogP contribution in [0.4, 0.5) is 0 Å². The van der Waals surface area contributed by atoms with Crippen LogP contribution in [0.5, 0.6) is 0 Å². The van der Waals surface area contributed by atoms with Gasteiger partial charge >= 0.3 is 0 Å². The molecule has 184 valence electrons. The molecule has 7 nitrogen and oxygen atoms in total. The average Bonchev–Trinajstić information content (AvgIpc) is 3.35. The maximum Gasteiger partial charge on any atom is 0.271 e. The summed E-state index contributed by atoms with van der Waals surface area (Å²) in [6.07, 6.45) is 8.05. The molecule has 1 saturated heterocycles. The summed E-state index contributed by atoms with van der Waals surface area (Å²) in [5, 5.41) is 0. The number of aryl methyl sites for hydroxylation is 1. The van der Waals surface area contributed by atoms with E-state index in [0.29, 0.717) is 4.70 Å². The van der Waals surface area contributed by atoms with Crippen molar-refractivity contribution < 1.29 is 4.79 Å². The molecule has 1 aliphatic heterocycles. The quantitative estimate of drug-likeness (QED) is 0.426. The normalized spacial score (nSPS) is 18.4. The number of carbonyl (C=O) groups is 1. The van der Waals surface area contributed by atoms with Crippen molar-refractivity contribution in [2.45, 2.75) is 38.8 Å². The second-order valence-corrected chi connectivity index (χ2v) is 10.9. The van der Waals surface area contributed by atoms with Crippen molar-refractivity contribution in [1.29, 1.82) is 0 Å². The van der Waals surface area contributed by atoms with Crippen LogP contribution >= 0.6 is 11.3 Å². The molecular formula is C28H29N5O2S. The minimum Gasteiger partial charge on any atom is -0.340 e. The van der Waals surface area contributed by atoms with Gasteiger partial charge in [0.2, 0.25) is 5.91 Å². The summed E-state index contributed by atoms with van der Waals surface area (Å²) in [5.74, 6) is 0.166. The van der Waals surface area contributed by atoms with E-state index in [1.165, 1.54) is 28.0 Å². The predicted molar refractivity (Wildman–Crippen MR) is 142 cm³/mol. The van der Waals surface area contributed by atoms with E-state index in [1.54, 1.807) is 19.4 Å². The molecule has 2 aliphatic rings. The highest BCUT2D eigenvalue weighted by molar-refractivity contribution is 7.22. The lowest BCUT2D eigenvalue weighted by Gasteiger charge is -2.34. The smallest absolute Gasteiger partial charge is 0.271 e. The van der Waals surface area contributed by atoms with Crippen LogP contribution in [0.1, 0.15) is 36.1 Å². The van der Waals surface area contributed by atoms with Crippen LogP contribution in [-0.4, -0.2) is 56.4 Å². The SMILES string of the molecule is CC(=O)N1CCN(Cc2ccc3c(c2)CC[C@H](n2cnc4cc(-c5cccnc5)sc4c2=O)C3)CC1. The third-order valence-corrected chi connectivity index (χ3v) is 8.66. The first-order chi connectivity index (χ1) is 17.5. The summed E-state index contributed by atoms with van der Waals surface area (Å²) in [6.45, 7) is 6.02. The van der Waals surface area contributed by atoms with Crippen molar-refractivity contribution in [1.82, 2.24) is 24.3 Å². The van der Waals surface area contributed by atoms with E-state index in [4.69, 9.17) is 0 Å². The van der Waals surface area contributed by atoms with Gasteiger partial charge in [0.05, 0.1) is 11.8 Å². The highest BCUT2D eigenvalue weighted by Crippen LogP contribution is 2.32. The number of hydrogen-bond donors (Lipinski definition) is 0. The van der Waals surface area contributed by atoms with E-state index in [9.17, 15) is 9.59 Å². The number of rotatable bonds is 4. The molecule has 36 heavy (non-hydrogen) atoms. The molecule has 1 aromatic carbocycles. The molecule has 1 atom stereocenters. The zero-order chi connectivity index (χ0) is 24.6. The molecule has 4 heterocycles. The van der Waals surface area contributed by atoms with Gasteiger partial charge in [-0.05, 0) is 48.1 Å². The zero-order valence-electron chi connectivity index (χ0n) is 20.4. The van der Waals surface area contributed by atoms with Crippen LogP contribution in [-0.2, 0) is 24.2 Å². The second-order valence-electron chi connectivity index (χ2n) is 9.81. The summed E-state index contributed by atoms with van der Waals surface area (Å²) < 4.78 is 2.55. The molecule has 0 saturated carbocycles. The minimum absolute atomic E-state index is 0.0508. The number of benzene rings is 1. The Hall–Kier alpha value is -3.36. The fraction of sp³-hybridized carbons (Fsp3) is 0.357. The fourth-order valence-electron chi connectivity index (χ4n) is 5.44. The Morgan fingerprint density at radius 3 is 2.75 bits per heavy atom. The molecule has 4 aromatic rings. The molecule has 1 aliphatic carbocycles. The van der Waals surface area contributed by atoms with E-state index >= 15 is 0 Å². The third-order valence-electron chi connectivity index (χ3n) is 7.50. The summed E-state index contributed by atoms with van der Waals surface area (Å²) in [7, 11) is 0. The van der Waals surface area contributed by atoms with Gasteiger partial charge in [0.15, 0.2) is 0 Å². The van der Waals surface area contributed by atoms with E-state index < -0.39 is 0 Å². The van der Waals surface area contributed by atoms with Crippen LogP contribution in [0.2, 0.25) is 0 Å². The van der Waals surface area contributed by atoms with Crippen LogP contribution in [0.25, 0.3) is 20.7 Å². The molecule has 0 bridgehead atoms. The molecule has 1 fully saturated rings. The van der Waals surface area contributed by atoms with E-state index in [-0.39, 0.29) is 17.5 Å². The molecule has 0 N–H and O–H groups in total. The average molecular weight is 500 g/mol. The number of amides is 1. The monoisotopic (exact) mass is 499 g/mol. The molecule has 0 spiro atoms. The largest absolute Gasteiger partial charge is 0.340 e. The van der Waals surface area contributed by atoms with Gasteiger partial charge in [-0.2, -0.15) is 0 Å². The number of fused-ring (bicyclic) bond motifs is 2. The number of thiophene rings is 1. The predicted octanol–water partition coefficient (Wildman–Crippen LogP) is 3.91. The summed E-state index contributed by atoms with van der Waals surface area (Å²) in [4.78, 5) is 39.2. The molecule has 0 unspecified atom stereocenters. The first-order valence-electron chi connectivity index (χ1n) is 12.5. The van der Waals surface area contributed by atoms with Crippen molar-refractivity contribution in [3.8, 4) is 10.4 Å². The number of carbonyl (C=O) groups excluding carboxylic acids is 1. The van der Waals surface area contributed by atoms with Gasteiger partial charge in [-0.1, -0.05) is 24.3 Å². The molecule has 6 rings (SSSR count). The van der Waals surface area contributed by atoms with Gasteiger partial charge in [0, 0.05) is 68.5 Å². The van der Waals surface area contributed by atoms with E-state index in [1.807, 2.05) is 33.9 Å². The molecule has 8 heteroatoms. The fourth-order valence-corrected chi connectivity index (χ4v) is 6.48. The Kier molecular flexibility index (Phi) is 6.15. The highest BCUT2D eigenvalue weighted by Gasteiger charge is 2.24. The van der Waals surface area contributed by atoms with Crippen LogP contribution in [0, 0.1) is 0 Å². The minimum atomic E-state index is 0.0508. The van der Waals surface area contributed by atoms with Gasteiger partial charge in [-0.15, -0.1) is 11.3 Å². The number of aromatic nitrogens is 3. The second kappa shape index (κ2) is 9.59. The van der Waals surface area contributed by atoms with Crippen molar-refractivity contribution in [2.24, 2.45) is 0 Å². The number of pyridine rings is 1. The number of hydrogen-bond acceptors (Lipinski definition) is 6. The van der Waals surface area contributed by atoms with Crippen LogP contribution in [0.15, 0.2) is 59.9 Å². The standard InChI is InChI=1S/C28H29N5O2S/c1-19(34)32-11-9-31(10-12-32)17-20-4-5-22-14-24(7-6-21(22)13-20)33-18-30-25-15-26(36-27(25)28(33)35)23-3-2-8-29-16-23/h2-5,8,13,15-16,18,24H,6-7,9-12,14,17H2,1H3/t24-/m0/s1. The Labute approximate surface area is 214 Å². The van der Waals surface area contributed by atoms with E-state index in [2.05, 4.69) is 33.1 Å². The first kappa shape index (κ1) is 23.1. The molecule has 1 amide bonds. The van der Waals surface area contributed by atoms with Crippen molar-refractivity contribution >= 4 is 27.5 Å². The van der Waals surface area contributed by atoms with Crippen molar-refractivity contribution in [3.63, 3.8) is 0 Å². The third kappa shape index (κ3) is 4.47. The van der Waals surface area contributed by atoms with Gasteiger partial charge in [-0.25, -0.2) is 4.98 Å². The summed E-state index contributed by atoms with van der Waals surface area (Å²) >= 11 is 1.50. The summed E-state index contributed by atoms with van der Waals surface area (Å²) in [5.41, 5.74) is 5.86. The topological polar surface area (TPSA) is 71.3 Å². The summed E-state index contributed by atoms with van der Waals surface area (Å²) in [6, 6.07) is 12.8. The lowest BCUT2D eigenvalue weighted by molar-refractivity contribution is -0.130.